The lowest BCUT2D eigenvalue weighted by atomic mass is 9.98. The van der Waals surface area contributed by atoms with Crippen LogP contribution in [0, 0.1) is 6.92 Å². The largest absolute Gasteiger partial charge is 0.479 e. The third kappa shape index (κ3) is 4.40. The zero-order valence-electron chi connectivity index (χ0n) is 18.8. The molecule has 6 heteroatoms. The van der Waals surface area contributed by atoms with Gasteiger partial charge in [-0.05, 0) is 60.2 Å². The van der Waals surface area contributed by atoms with E-state index in [0.717, 1.165) is 32.3 Å². The van der Waals surface area contributed by atoms with Crippen molar-refractivity contribution in [2.75, 3.05) is 6.61 Å². The number of aryl methyl sites for hydroxylation is 1. The Morgan fingerprint density at radius 1 is 1.00 bits per heavy atom. The summed E-state index contributed by atoms with van der Waals surface area (Å²) < 4.78 is 6.58. The molecule has 0 spiro atoms. The van der Waals surface area contributed by atoms with Crippen LogP contribution in [-0.2, 0) is 9.53 Å². The van der Waals surface area contributed by atoms with Crippen LogP contribution in [0.2, 0.25) is 0 Å². The Morgan fingerprint density at radius 3 is 2.09 bits per heavy atom. The number of benzene rings is 3. The van der Waals surface area contributed by atoms with Gasteiger partial charge in [-0.2, -0.15) is 0 Å². The van der Waals surface area contributed by atoms with Gasteiger partial charge in [0.2, 0.25) is 0 Å². The molecule has 1 aliphatic carbocycles. The number of amides is 1. The Kier molecular flexibility index (Phi) is 6.56. The second kappa shape index (κ2) is 9.40. The summed E-state index contributed by atoms with van der Waals surface area (Å²) in [6, 6.07) is 20.0. The molecule has 0 saturated heterocycles. The van der Waals surface area contributed by atoms with E-state index in [1.807, 2.05) is 37.3 Å². The summed E-state index contributed by atoms with van der Waals surface area (Å²) in [5.74, 6) is -1.19. The molecular formula is C27H26BrNO4. The van der Waals surface area contributed by atoms with Gasteiger partial charge in [0.15, 0.2) is 6.04 Å². The van der Waals surface area contributed by atoms with Crippen molar-refractivity contribution < 1.29 is 19.4 Å². The molecule has 0 aromatic heterocycles. The number of hydrogen-bond acceptors (Lipinski definition) is 3. The minimum absolute atomic E-state index is 0.0906. The molecule has 1 atom stereocenters. The number of carboxylic acid groups (broad SMARTS) is 1. The average molecular weight is 508 g/mol. The van der Waals surface area contributed by atoms with Gasteiger partial charge in [0.25, 0.3) is 0 Å². The van der Waals surface area contributed by atoms with E-state index >= 15 is 0 Å². The molecule has 5 nitrogen and oxygen atoms in total. The lowest BCUT2D eigenvalue weighted by Gasteiger charge is -2.32. The van der Waals surface area contributed by atoms with Crippen molar-refractivity contribution >= 4 is 28.0 Å². The molecule has 1 aliphatic rings. The van der Waals surface area contributed by atoms with Gasteiger partial charge in [0.05, 0.1) is 0 Å². The molecule has 170 valence electrons. The van der Waals surface area contributed by atoms with Crippen molar-refractivity contribution in [3.8, 4) is 11.1 Å². The van der Waals surface area contributed by atoms with Gasteiger partial charge < -0.3 is 9.84 Å². The van der Waals surface area contributed by atoms with Crippen LogP contribution in [-0.4, -0.2) is 34.7 Å². The Hall–Kier alpha value is -3.12. The third-order valence-electron chi connectivity index (χ3n) is 6.13. The molecule has 0 saturated carbocycles. The molecule has 1 unspecified atom stereocenters. The van der Waals surface area contributed by atoms with Crippen LogP contribution in [0.1, 0.15) is 48.1 Å². The van der Waals surface area contributed by atoms with Gasteiger partial charge in [-0.1, -0.05) is 76.6 Å². The van der Waals surface area contributed by atoms with E-state index in [1.54, 1.807) is 26.0 Å². The average Bonchev–Trinajstić information content (AvgIpc) is 3.11. The van der Waals surface area contributed by atoms with Gasteiger partial charge in [-0.25, -0.2) is 9.59 Å². The van der Waals surface area contributed by atoms with Gasteiger partial charge in [0, 0.05) is 16.4 Å². The van der Waals surface area contributed by atoms with Crippen molar-refractivity contribution in [1.82, 2.24) is 4.90 Å². The Balaban J connectivity index is 1.60. The molecule has 4 rings (SSSR count). The standard InChI is InChI=1S/C27H26BrNO4/c1-16(2)29(25(26(30)31)18-13-12-17(3)24(28)14-18)27(32)33-15-23-21-10-6-4-8-19(21)20-9-5-7-11-22(20)23/h4-14,16,23,25H,15H2,1-3H3,(H,30,31). The normalized spacial score (nSPS) is 13.4. The molecule has 0 bridgehead atoms. The SMILES string of the molecule is Cc1ccc(C(C(=O)O)N(C(=O)OCC2c3ccccc3-c3ccccc32)C(C)C)cc1Br. The summed E-state index contributed by atoms with van der Waals surface area (Å²) in [7, 11) is 0. The van der Waals surface area contributed by atoms with Gasteiger partial charge >= 0.3 is 12.1 Å². The summed E-state index contributed by atoms with van der Waals surface area (Å²) in [6.45, 7) is 5.65. The van der Waals surface area contributed by atoms with Crippen LogP contribution in [0.25, 0.3) is 11.1 Å². The first-order valence-electron chi connectivity index (χ1n) is 10.9. The fourth-order valence-corrected chi connectivity index (χ4v) is 4.88. The summed E-state index contributed by atoms with van der Waals surface area (Å²) in [4.78, 5) is 26.8. The Morgan fingerprint density at radius 2 is 1.58 bits per heavy atom. The molecule has 3 aromatic rings. The summed E-state index contributed by atoms with van der Waals surface area (Å²) in [5.41, 5.74) is 6.01. The monoisotopic (exact) mass is 507 g/mol. The smallest absolute Gasteiger partial charge is 0.411 e. The molecule has 0 radical (unpaired) electrons. The van der Waals surface area contributed by atoms with Crippen molar-refractivity contribution in [3.63, 3.8) is 0 Å². The van der Waals surface area contributed by atoms with Crippen molar-refractivity contribution in [1.29, 1.82) is 0 Å². The van der Waals surface area contributed by atoms with Crippen molar-refractivity contribution in [2.24, 2.45) is 0 Å². The van der Waals surface area contributed by atoms with E-state index in [0.29, 0.717) is 5.56 Å². The molecule has 1 N–H and O–H groups in total. The topological polar surface area (TPSA) is 66.8 Å². The number of carboxylic acids is 1. The summed E-state index contributed by atoms with van der Waals surface area (Å²) >= 11 is 3.47. The van der Waals surface area contributed by atoms with Crippen LogP contribution < -0.4 is 0 Å². The maximum Gasteiger partial charge on any atom is 0.411 e. The molecule has 33 heavy (non-hydrogen) atoms. The second-order valence-corrected chi connectivity index (χ2v) is 9.41. The number of aliphatic carboxylic acids is 1. The third-order valence-corrected chi connectivity index (χ3v) is 6.98. The highest BCUT2D eigenvalue weighted by atomic mass is 79.9. The number of rotatable bonds is 6. The number of hydrogen-bond donors (Lipinski definition) is 1. The first kappa shape index (κ1) is 23.1. The van der Waals surface area contributed by atoms with Crippen molar-refractivity contribution in [2.45, 2.75) is 38.8 Å². The van der Waals surface area contributed by atoms with Crippen LogP contribution in [0.4, 0.5) is 4.79 Å². The van der Waals surface area contributed by atoms with E-state index in [1.165, 1.54) is 4.90 Å². The molecule has 0 fully saturated rings. The van der Waals surface area contributed by atoms with Crippen LogP contribution in [0.5, 0.6) is 0 Å². The number of carbonyl (C=O) groups excluding carboxylic acids is 1. The first-order chi connectivity index (χ1) is 15.8. The highest BCUT2D eigenvalue weighted by molar-refractivity contribution is 9.10. The zero-order chi connectivity index (χ0) is 23.7. The van der Waals surface area contributed by atoms with Crippen molar-refractivity contribution in [3.05, 3.63) is 93.5 Å². The van der Waals surface area contributed by atoms with Crippen LogP contribution in [0.15, 0.2) is 71.2 Å². The Labute approximate surface area is 202 Å². The predicted molar refractivity (Wildman–Crippen MR) is 131 cm³/mol. The van der Waals surface area contributed by atoms with E-state index in [9.17, 15) is 14.7 Å². The minimum atomic E-state index is -1.16. The lowest BCUT2D eigenvalue weighted by Crippen LogP contribution is -2.44. The number of carbonyl (C=O) groups is 2. The van der Waals surface area contributed by atoms with E-state index in [2.05, 4.69) is 40.2 Å². The molecule has 1 amide bonds. The predicted octanol–water partition coefficient (Wildman–Crippen LogP) is 6.54. The highest BCUT2D eigenvalue weighted by Crippen LogP contribution is 2.44. The molecule has 0 heterocycles. The number of nitrogens with zero attached hydrogens (tertiary/aromatic N) is 1. The molecule has 3 aromatic carbocycles. The number of ether oxygens (including phenoxy) is 1. The highest BCUT2D eigenvalue weighted by Gasteiger charge is 2.36. The zero-order valence-corrected chi connectivity index (χ0v) is 20.4. The lowest BCUT2D eigenvalue weighted by molar-refractivity contribution is -0.143. The Bertz CT molecular complexity index is 1160. The van der Waals surface area contributed by atoms with E-state index < -0.39 is 18.1 Å². The number of fused-ring (bicyclic) bond motifs is 3. The maximum absolute atomic E-state index is 13.3. The van der Waals surface area contributed by atoms with Gasteiger partial charge in [-0.15, -0.1) is 0 Å². The van der Waals surface area contributed by atoms with E-state index in [-0.39, 0.29) is 18.6 Å². The minimum Gasteiger partial charge on any atom is -0.479 e. The molecule has 0 aliphatic heterocycles. The maximum atomic E-state index is 13.3. The fraction of sp³-hybridized carbons (Fsp3) is 0.259. The van der Waals surface area contributed by atoms with Gasteiger partial charge in [0.1, 0.15) is 6.61 Å². The fourth-order valence-electron chi connectivity index (χ4n) is 4.48. The quantitative estimate of drug-likeness (QED) is 0.411. The van der Waals surface area contributed by atoms with Crippen LogP contribution >= 0.6 is 15.9 Å². The summed E-state index contributed by atoms with van der Waals surface area (Å²) in [5, 5.41) is 10.0. The first-order valence-corrected chi connectivity index (χ1v) is 11.7. The van der Waals surface area contributed by atoms with E-state index in [4.69, 9.17) is 4.74 Å². The second-order valence-electron chi connectivity index (χ2n) is 8.55. The number of halogens is 1. The van der Waals surface area contributed by atoms with Crippen LogP contribution in [0.3, 0.4) is 0 Å². The molecular weight excluding hydrogens is 482 g/mol. The van der Waals surface area contributed by atoms with Gasteiger partial charge in [-0.3, -0.25) is 4.90 Å². The summed E-state index contributed by atoms with van der Waals surface area (Å²) in [6.07, 6.45) is -0.643.